The molecule has 0 saturated carbocycles. The molecule has 27 heavy (non-hydrogen) atoms. The van der Waals surface area contributed by atoms with E-state index in [4.69, 9.17) is 0 Å². The van der Waals surface area contributed by atoms with Gasteiger partial charge in [-0.15, -0.1) is 0 Å². The molecular formula is C17H16F3N5O2. The number of amides is 2. The number of carbonyl (C=O) groups excluding carboxylic acids is 2. The molecule has 2 amide bonds. The molecule has 1 saturated heterocycles. The summed E-state index contributed by atoms with van der Waals surface area (Å²) < 4.78 is 39.8. The van der Waals surface area contributed by atoms with E-state index in [-0.39, 0.29) is 11.6 Å². The molecule has 2 heterocycles. The van der Waals surface area contributed by atoms with Gasteiger partial charge in [0.1, 0.15) is 11.5 Å². The summed E-state index contributed by atoms with van der Waals surface area (Å²) in [5.41, 5.74) is -0.601. The van der Waals surface area contributed by atoms with Gasteiger partial charge < -0.3 is 15.1 Å². The summed E-state index contributed by atoms with van der Waals surface area (Å²) in [6, 6.07) is 1.63. The average molecular weight is 379 g/mol. The van der Waals surface area contributed by atoms with Crippen LogP contribution in [-0.4, -0.2) is 52.9 Å². The lowest BCUT2D eigenvalue weighted by atomic mass is 10.2. The third-order valence-electron chi connectivity index (χ3n) is 4.20. The quantitative estimate of drug-likeness (QED) is 0.823. The first-order chi connectivity index (χ1) is 12.9. The molecule has 1 aromatic heterocycles. The van der Waals surface area contributed by atoms with E-state index < -0.39 is 29.0 Å². The second kappa shape index (κ2) is 7.60. The van der Waals surface area contributed by atoms with E-state index in [1.165, 1.54) is 19.3 Å². The molecule has 142 valence electrons. The van der Waals surface area contributed by atoms with Crippen molar-refractivity contribution in [1.82, 2.24) is 14.9 Å². The second-order valence-corrected chi connectivity index (χ2v) is 5.93. The van der Waals surface area contributed by atoms with E-state index in [2.05, 4.69) is 15.3 Å². The SMILES string of the molecule is CC(=O)N1CCN(c2cnc(C(=O)Nc3ccc(F)c(F)c3F)cn2)CC1. The van der Waals surface area contributed by atoms with Gasteiger partial charge in [0.05, 0.1) is 18.1 Å². The van der Waals surface area contributed by atoms with Crippen LogP contribution in [0.4, 0.5) is 24.7 Å². The maximum absolute atomic E-state index is 13.6. The van der Waals surface area contributed by atoms with Gasteiger partial charge in [-0.05, 0) is 12.1 Å². The van der Waals surface area contributed by atoms with E-state index in [1.807, 2.05) is 4.90 Å². The average Bonchev–Trinajstić information content (AvgIpc) is 2.68. The van der Waals surface area contributed by atoms with Gasteiger partial charge in [-0.3, -0.25) is 9.59 Å². The standard InChI is InChI=1S/C17H16F3N5O2/c1-10(26)24-4-6-25(7-5-24)14-9-21-13(8-22-14)17(27)23-12-3-2-11(18)15(19)16(12)20/h2-3,8-9H,4-7H2,1H3,(H,23,27). The van der Waals surface area contributed by atoms with E-state index in [0.717, 1.165) is 6.07 Å². The molecule has 1 aromatic carbocycles. The molecule has 2 aromatic rings. The summed E-state index contributed by atoms with van der Waals surface area (Å²) in [6.45, 7) is 3.81. The van der Waals surface area contributed by atoms with E-state index >= 15 is 0 Å². The molecule has 1 aliphatic rings. The Hall–Kier alpha value is -3.17. The van der Waals surface area contributed by atoms with Crippen molar-refractivity contribution in [2.75, 3.05) is 36.4 Å². The maximum atomic E-state index is 13.6. The highest BCUT2D eigenvalue weighted by Gasteiger charge is 2.21. The van der Waals surface area contributed by atoms with Crippen LogP contribution in [0.15, 0.2) is 24.5 Å². The van der Waals surface area contributed by atoms with E-state index in [0.29, 0.717) is 38.1 Å². The van der Waals surface area contributed by atoms with Gasteiger partial charge in [-0.1, -0.05) is 0 Å². The Morgan fingerprint density at radius 1 is 1.00 bits per heavy atom. The molecule has 0 aliphatic carbocycles. The Kier molecular flexibility index (Phi) is 5.24. The first-order valence-corrected chi connectivity index (χ1v) is 8.14. The Labute approximate surface area is 152 Å². The lowest BCUT2D eigenvalue weighted by Gasteiger charge is -2.34. The van der Waals surface area contributed by atoms with Crippen molar-refractivity contribution in [2.24, 2.45) is 0 Å². The van der Waals surface area contributed by atoms with Crippen molar-refractivity contribution >= 4 is 23.3 Å². The molecule has 1 fully saturated rings. The largest absolute Gasteiger partial charge is 0.352 e. The Morgan fingerprint density at radius 3 is 2.30 bits per heavy atom. The highest BCUT2D eigenvalue weighted by atomic mass is 19.2. The first kappa shape index (κ1) is 18.6. The van der Waals surface area contributed by atoms with Gasteiger partial charge in [0, 0.05) is 33.1 Å². The summed E-state index contributed by atoms with van der Waals surface area (Å²) in [5, 5.41) is 2.13. The molecule has 0 unspecified atom stereocenters. The number of aromatic nitrogens is 2. The van der Waals surface area contributed by atoms with Crippen LogP contribution in [0.1, 0.15) is 17.4 Å². The predicted octanol–water partition coefficient (Wildman–Crippen LogP) is 1.81. The van der Waals surface area contributed by atoms with Crippen molar-refractivity contribution in [1.29, 1.82) is 0 Å². The Morgan fingerprint density at radius 2 is 1.70 bits per heavy atom. The second-order valence-electron chi connectivity index (χ2n) is 5.93. The molecule has 1 aliphatic heterocycles. The molecule has 3 rings (SSSR count). The van der Waals surface area contributed by atoms with Gasteiger partial charge >= 0.3 is 0 Å². The number of carbonyl (C=O) groups is 2. The van der Waals surface area contributed by atoms with Crippen molar-refractivity contribution < 1.29 is 22.8 Å². The number of benzene rings is 1. The fourth-order valence-corrected chi connectivity index (χ4v) is 2.66. The molecule has 0 bridgehead atoms. The predicted molar refractivity (Wildman–Crippen MR) is 90.8 cm³/mol. The number of halogens is 3. The highest BCUT2D eigenvalue weighted by Crippen LogP contribution is 2.20. The van der Waals surface area contributed by atoms with Crippen LogP contribution >= 0.6 is 0 Å². The van der Waals surface area contributed by atoms with Crippen molar-refractivity contribution in [3.8, 4) is 0 Å². The number of anilines is 2. The Bertz CT molecular complexity index is 868. The van der Waals surface area contributed by atoms with Crippen LogP contribution in [0.3, 0.4) is 0 Å². The van der Waals surface area contributed by atoms with Gasteiger partial charge in [-0.2, -0.15) is 0 Å². The monoisotopic (exact) mass is 379 g/mol. The summed E-state index contributed by atoms with van der Waals surface area (Å²) in [7, 11) is 0. The third kappa shape index (κ3) is 3.99. The number of rotatable bonds is 3. The zero-order chi connectivity index (χ0) is 19.6. The van der Waals surface area contributed by atoms with Gasteiger partial charge in [0.15, 0.2) is 17.5 Å². The minimum Gasteiger partial charge on any atom is -0.352 e. The Balaban J connectivity index is 1.66. The zero-order valence-electron chi connectivity index (χ0n) is 14.4. The fraction of sp³-hybridized carbons (Fsp3) is 0.294. The summed E-state index contributed by atoms with van der Waals surface area (Å²) in [4.78, 5) is 35.2. The molecule has 7 nitrogen and oxygen atoms in total. The lowest BCUT2D eigenvalue weighted by molar-refractivity contribution is -0.129. The van der Waals surface area contributed by atoms with Crippen molar-refractivity contribution in [3.05, 3.63) is 47.7 Å². The number of piperazine rings is 1. The molecule has 0 radical (unpaired) electrons. The molecule has 0 spiro atoms. The zero-order valence-corrected chi connectivity index (χ0v) is 14.4. The van der Waals surface area contributed by atoms with Gasteiger partial charge in [-0.25, -0.2) is 23.1 Å². The van der Waals surface area contributed by atoms with Crippen LogP contribution in [0.25, 0.3) is 0 Å². The van der Waals surface area contributed by atoms with Crippen LogP contribution < -0.4 is 10.2 Å². The third-order valence-corrected chi connectivity index (χ3v) is 4.20. The van der Waals surface area contributed by atoms with Crippen molar-refractivity contribution in [3.63, 3.8) is 0 Å². The molecule has 1 N–H and O–H groups in total. The summed E-state index contributed by atoms with van der Waals surface area (Å²) in [6.07, 6.45) is 2.60. The van der Waals surface area contributed by atoms with E-state index in [1.54, 1.807) is 4.90 Å². The maximum Gasteiger partial charge on any atom is 0.275 e. The number of nitrogens with one attached hydrogen (secondary N) is 1. The lowest BCUT2D eigenvalue weighted by Crippen LogP contribution is -2.48. The highest BCUT2D eigenvalue weighted by molar-refractivity contribution is 6.02. The van der Waals surface area contributed by atoms with Gasteiger partial charge in [0.25, 0.3) is 5.91 Å². The smallest absolute Gasteiger partial charge is 0.275 e. The molecular weight excluding hydrogens is 363 g/mol. The van der Waals surface area contributed by atoms with Crippen LogP contribution in [0, 0.1) is 17.5 Å². The minimum atomic E-state index is -1.67. The van der Waals surface area contributed by atoms with Crippen LogP contribution in [-0.2, 0) is 4.79 Å². The van der Waals surface area contributed by atoms with Crippen LogP contribution in [0.2, 0.25) is 0 Å². The normalized spacial score (nSPS) is 14.2. The first-order valence-electron chi connectivity index (χ1n) is 8.14. The fourth-order valence-electron chi connectivity index (χ4n) is 2.66. The summed E-state index contributed by atoms with van der Waals surface area (Å²) in [5.74, 6) is -4.76. The topological polar surface area (TPSA) is 78.4 Å². The molecule has 10 heteroatoms. The van der Waals surface area contributed by atoms with Gasteiger partial charge in [0.2, 0.25) is 5.91 Å². The van der Waals surface area contributed by atoms with E-state index in [9.17, 15) is 22.8 Å². The number of hydrogen-bond acceptors (Lipinski definition) is 5. The molecule has 0 atom stereocenters. The summed E-state index contributed by atoms with van der Waals surface area (Å²) >= 11 is 0. The number of nitrogens with zero attached hydrogens (tertiary/aromatic N) is 4. The minimum absolute atomic E-state index is 0.0113. The van der Waals surface area contributed by atoms with Crippen LogP contribution in [0.5, 0.6) is 0 Å². The van der Waals surface area contributed by atoms with Crippen molar-refractivity contribution in [2.45, 2.75) is 6.92 Å². The number of hydrogen-bond donors (Lipinski definition) is 1.